The van der Waals surface area contributed by atoms with Crippen molar-refractivity contribution in [3.05, 3.63) is 0 Å². The molecule has 1 unspecified atom stereocenters. The SMILES string of the molecule is CCCCOCCOC(C)CN. The van der Waals surface area contributed by atoms with Crippen LogP contribution in [0.2, 0.25) is 0 Å². The highest BCUT2D eigenvalue weighted by Crippen LogP contribution is 1.90. The molecule has 74 valence electrons. The summed E-state index contributed by atoms with van der Waals surface area (Å²) in [6, 6.07) is 0. The van der Waals surface area contributed by atoms with E-state index < -0.39 is 0 Å². The summed E-state index contributed by atoms with van der Waals surface area (Å²) in [7, 11) is 0. The molecule has 0 rings (SSSR count). The topological polar surface area (TPSA) is 44.5 Å². The molecule has 12 heavy (non-hydrogen) atoms. The molecule has 0 heterocycles. The summed E-state index contributed by atoms with van der Waals surface area (Å²) >= 11 is 0. The van der Waals surface area contributed by atoms with Gasteiger partial charge in [0.05, 0.1) is 19.3 Å². The molecule has 3 heteroatoms. The minimum Gasteiger partial charge on any atom is -0.379 e. The second-order valence-corrected chi connectivity index (χ2v) is 2.88. The third-order valence-electron chi connectivity index (χ3n) is 1.60. The van der Waals surface area contributed by atoms with Crippen molar-refractivity contribution in [3.8, 4) is 0 Å². The Bertz CT molecular complexity index is 88.6. The lowest BCUT2D eigenvalue weighted by Gasteiger charge is -2.10. The zero-order valence-corrected chi connectivity index (χ0v) is 8.21. The number of ether oxygens (including phenoxy) is 2. The third-order valence-corrected chi connectivity index (χ3v) is 1.60. The van der Waals surface area contributed by atoms with Gasteiger partial charge in [0.2, 0.25) is 0 Å². The standard InChI is InChI=1S/C9H21NO2/c1-3-4-5-11-6-7-12-9(2)8-10/h9H,3-8,10H2,1-2H3. The van der Waals surface area contributed by atoms with E-state index >= 15 is 0 Å². The van der Waals surface area contributed by atoms with Gasteiger partial charge in [-0.1, -0.05) is 13.3 Å². The average Bonchev–Trinajstić information content (AvgIpc) is 2.10. The second-order valence-electron chi connectivity index (χ2n) is 2.88. The molecule has 0 aliphatic heterocycles. The van der Waals surface area contributed by atoms with Gasteiger partial charge < -0.3 is 15.2 Å². The zero-order chi connectivity index (χ0) is 9.23. The molecule has 1 atom stereocenters. The lowest BCUT2D eigenvalue weighted by molar-refractivity contribution is 0.0153. The van der Waals surface area contributed by atoms with Crippen LogP contribution in [0.1, 0.15) is 26.7 Å². The maximum atomic E-state index is 5.37. The van der Waals surface area contributed by atoms with Gasteiger partial charge in [-0.2, -0.15) is 0 Å². The molecule has 0 amide bonds. The normalized spacial score (nSPS) is 13.2. The van der Waals surface area contributed by atoms with Gasteiger partial charge >= 0.3 is 0 Å². The van der Waals surface area contributed by atoms with Crippen molar-refractivity contribution in [2.75, 3.05) is 26.4 Å². The maximum absolute atomic E-state index is 5.37. The molecular weight excluding hydrogens is 154 g/mol. The molecule has 0 spiro atoms. The highest BCUT2D eigenvalue weighted by Gasteiger charge is 1.96. The molecule has 2 N–H and O–H groups in total. The molecule has 3 nitrogen and oxygen atoms in total. The van der Waals surface area contributed by atoms with Crippen LogP contribution in [0.3, 0.4) is 0 Å². The lowest BCUT2D eigenvalue weighted by Crippen LogP contribution is -2.22. The van der Waals surface area contributed by atoms with E-state index in [1.807, 2.05) is 6.92 Å². The fourth-order valence-corrected chi connectivity index (χ4v) is 0.725. The van der Waals surface area contributed by atoms with Crippen LogP contribution in [0, 0.1) is 0 Å². The maximum Gasteiger partial charge on any atom is 0.0704 e. The van der Waals surface area contributed by atoms with Crippen LogP contribution >= 0.6 is 0 Å². The van der Waals surface area contributed by atoms with Crippen LogP contribution in [-0.4, -0.2) is 32.5 Å². The highest BCUT2D eigenvalue weighted by atomic mass is 16.5. The van der Waals surface area contributed by atoms with Crippen molar-refractivity contribution in [3.63, 3.8) is 0 Å². The molecule has 0 bridgehead atoms. The Labute approximate surface area is 75.2 Å². The van der Waals surface area contributed by atoms with Crippen LogP contribution in [0.4, 0.5) is 0 Å². The Morgan fingerprint density at radius 3 is 2.58 bits per heavy atom. The van der Waals surface area contributed by atoms with Crippen LogP contribution < -0.4 is 5.73 Å². The summed E-state index contributed by atoms with van der Waals surface area (Å²) in [6.07, 6.45) is 2.46. The van der Waals surface area contributed by atoms with Crippen LogP contribution in [0.5, 0.6) is 0 Å². The molecule has 0 aromatic rings. The summed E-state index contributed by atoms with van der Waals surface area (Å²) in [5, 5.41) is 0. The van der Waals surface area contributed by atoms with Gasteiger partial charge in [-0.3, -0.25) is 0 Å². The van der Waals surface area contributed by atoms with Gasteiger partial charge in [0.1, 0.15) is 0 Å². The molecule has 0 aromatic heterocycles. The van der Waals surface area contributed by atoms with Gasteiger partial charge in [0.25, 0.3) is 0 Å². The monoisotopic (exact) mass is 175 g/mol. The molecule has 0 aliphatic rings. The summed E-state index contributed by atoms with van der Waals surface area (Å²) in [4.78, 5) is 0. The number of hydrogen-bond donors (Lipinski definition) is 1. The first-order chi connectivity index (χ1) is 5.81. The molecule has 0 aromatic carbocycles. The van der Waals surface area contributed by atoms with E-state index in [0.29, 0.717) is 19.8 Å². The van der Waals surface area contributed by atoms with E-state index in [-0.39, 0.29) is 6.10 Å². The summed E-state index contributed by atoms with van der Waals surface area (Å²) < 4.78 is 10.6. The number of hydrogen-bond acceptors (Lipinski definition) is 3. The smallest absolute Gasteiger partial charge is 0.0704 e. The van der Waals surface area contributed by atoms with Gasteiger partial charge in [-0.05, 0) is 13.3 Å². The first kappa shape index (κ1) is 11.9. The summed E-state index contributed by atoms with van der Waals surface area (Å²) in [6.45, 7) is 6.88. The van der Waals surface area contributed by atoms with Crippen LogP contribution in [-0.2, 0) is 9.47 Å². The van der Waals surface area contributed by atoms with E-state index in [1.165, 1.54) is 6.42 Å². The first-order valence-electron chi connectivity index (χ1n) is 4.70. The summed E-state index contributed by atoms with van der Waals surface area (Å²) in [5.74, 6) is 0. The molecule has 0 saturated heterocycles. The quantitative estimate of drug-likeness (QED) is 0.563. The van der Waals surface area contributed by atoms with Crippen molar-refractivity contribution in [2.45, 2.75) is 32.8 Å². The van der Waals surface area contributed by atoms with E-state index in [9.17, 15) is 0 Å². The van der Waals surface area contributed by atoms with Gasteiger partial charge in [0.15, 0.2) is 0 Å². The van der Waals surface area contributed by atoms with Gasteiger partial charge in [0, 0.05) is 13.2 Å². The van der Waals surface area contributed by atoms with E-state index in [0.717, 1.165) is 13.0 Å². The molecular formula is C9H21NO2. The molecule has 0 aliphatic carbocycles. The molecule has 0 radical (unpaired) electrons. The largest absolute Gasteiger partial charge is 0.379 e. The minimum atomic E-state index is 0.153. The molecule has 0 saturated carbocycles. The van der Waals surface area contributed by atoms with Gasteiger partial charge in [-0.15, -0.1) is 0 Å². The first-order valence-corrected chi connectivity index (χ1v) is 4.70. The predicted octanol–water partition coefficient (Wildman–Crippen LogP) is 1.17. The average molecular weight is 175 g/mol. The fourth-order valence-electron chi connectivity index (χ4n) is 0.725. The predicted molar refractivity (Wildman–Crippen MR) is 50.2 cm³/mol. The highest BCUT2D eigenvalue weighted by molar-refractivity contribution is 4.47. The zero-order valence-electron chi connectivity index (χ0n) is 8.21. The number of nitrogens with two attached hydrogens (primary N) is 1. The Hall–Kier alpha value is -0.120. The third kappa shape index (κ3) is 7.98. The van der Waals surface area contributed by atoms with Gasteiger partial charge in [-0.25, -0.2) is 0 Å². The van der Waals surface area contributed by atoms with Crippen LogP contribution in [0.15, 0.2) is 0 Å². The number of unbranched alkanes of at least 4 members (excludes halogenated alkanes) is 1. The molecule has 0 fully saturated rings. The summed E-state index contributed by atoms with van der Waals surface area (Å²) in [5.41, 5.74) is 5.37. The fraction of sp³-hybridized carbons (Fsp3) is 1.00. The minimum absolute atomic E-state index is 0.153. The Morgan fingerprint density at radius 1 is 1.25 bits per heavy atom. The van der Waals surface area contributed by atoms with E-state index in [2.05, 4.69) is 6.92 Å². The second kappa shape index (κ2) is 8.97. The van der Waals surface area contributed by atoms with Crippen LogP contribution in [0.25, 0.3) is 0 Å². The Kier molecular flexibility index (Phi) is 8.88. The van der Waals surface area contributed by atoms with Crippen molar-refractivity contribution in [1.29, 1.82) is 0 Å². The van der Waals surface area contributed by atoms with Crippen molar-refractivity contribution < 1.29 is 9.47 Å². The Balaban J connectivity index is 2.90. The van der Waals surface area contributed by atoms with Crippen molar-refractivity contribution in [2.24, 2.45) is 5.73 Å². The lowest BCUT2D eigenvalue weighted by atomic mass is 10.4. The van der Waals surface area contributed by atoms with E-state index in [1.54, 1.807) is 0 Å². The van der Waals surface area contributed by atoms with Crippen molar-refractivity contribution >= 4 is 0 Å². The number of rotatable bonds is 8. The van der Waals surface area contributed by atoms with Crippen molar-refractivity contribution in [1.82, 2.24) is 0 Å². The Morgan fingerprint density at radius 2 is 2.00 bits per heavy atom. The van der Waals surface area contributed by atoms with E-state index in [4.69, 9.17) is 15.2 Å².